The minimum Gasteiger partial charge on any atom is -0.179 e. The van der Waals surface area contributed by atoms with Gasteiger partial charge in [0.1, 0.15) is 0 Å². The molecule has 1 aliphatic rings. The van der Waals surface area contributed by atoms with Gasteiger partial charge < -0.3 is 0 Å². The van der Waals surface area contributed by atoms with E-state index in [0.717, 1.165) is 0 Å². The second-order valence-corrected chi connectivity index (χ2v) is 1.89. The number of hydrogen-bond acceptors (Lipinski definition) is 2. The van der Waals surface area contributed by atoms with Crippen LogP contribution in [-0.2, 0) is 0 Å². The Balaban J connectivity index is 2.77. The number of nitrogens with zero attached hydrogens (tertiary/aromatic N) is 2. The van der Waals surface area contributed by atoms with Crippen molar-refractivity contribution in [3.8, 4) is 0 Å². The molecule has 37 valence electrons. The summed E-state index contributed by atoms with van der Waals surface area (Å²) in [5.41, 5.74) is -0.278. The quantitative estimate of drug-likeness (QED) is 0.436. The van der Waals surface area contributed by atoms with E-state index in [4.69, 9.17) is 0 Å². The largest absolute Gasteiger partial charge is 0.179 e. The molecule has 2 heteroatoms. The van der Waals surface area contributed by atoms with Gasteiger partial charge >= 0.3 is 0 Å². The molecular weight excluding hydrogens is 88.1 g/mol. The van der Waals surface area contributed by atoms with Crippen LogP contribution in [0.3, 0.4) is 0 Å². The van der Waals surface area contributed by atoms with Crippen LogP contribution in [0, 0.1) is 6.92 Å². The second kappa shape index (κ2) is 1.15. The lowest BCUT2D eigenvalue weighted by atomic mass is 10.1. The smallest absolute Gasteiger partial charge is 0.0991 e. The van der Waals surface area contributed by atoms with Gasteiger partial charge in [-0.2, -0.15) is 10.2 Å². The monoisotopic (exact) mass is 95.1 g/mol. The molecule has 0 aromatic rings. The third kappa shape index (κ3) is 0.856. The third-order valence-corrected chi connectivity index (χ3v) is 0.786. The molecule has 1 radical (unpaired) electrons. The predicted molar refractivity (Wildman–Crippen MR) is 27.8 cm³/mol. The van der Waals surface area contributed by atoms with Gasteiger partial charge in [-0.15, -0.1) is 0 Å². The Labute approximate surface area is 43.0 Å². The van der Waals surface area contributed by atoms with Gasteiger partial charge in [0.2, 0.25) is 0 Å². The first-order valence-corrected chi connectivity index (χ1v) is 2.16. The zero-order valence-corrected chi connectivity index (χ0v) is 4.26. The SMILES string of the molecule is [CH2]C1(C)C=CN=N1. The van der Waals surface area contributed by atoms with Crippen LogP contribution in [0.5, 0.6) is 0 Å². The standard InChI is InChI=1S/C5H7N2/c1-5(2)3-4-6-7-5/h3-4H,1H2,2H3. The van der Waals surface area contributed by atoms with E-state index in [1.165, 1.54) is 0 Å². The topological polar surface area (TPSA) is 24.7 Å². The summed E-state index contributed by atoms with van der Waals surface area (Å²) >= 11 is 0. The summed E-state index contributed by atoms with van der Waals surface area (Å²) in [4.78, 5) is 0. The number of hydrogen-bond donors (Lipinski definition) is 0. The van der Waals surface area contributed by atoms with Crippen molar-refractivity contribution in [1.29, 1.82) is 0 Å². The minimum atomic E-state index is -0.278. The van der Waals surface area contributed by atoms with Crippen LogP contribution in [0.25, 0.3) is 0 Å². The van der Waals surface area contributed by atoms with Crippen LogP contribution in [0.4, 0.5) is 0 Å². The van der Waals surface area contributed by atoms with E-state index in [-0.39, 0.29) is 5.54 Å². The molecule has 1 rings (SSSR count). The molecule has 0 saturated heterocycles. The molecule has 0 N–H and O–H groups in total. The Morgan fingerprint density at radius 2 is 2.43 bits per heavy atom. The first kappa shape index (κ1) is 4.50. The Bertz CT molecular complexity index is 108. The summed E-state index contributed by atoms with van der Waals surface area (Å²) in [7, 11) is 0. The van der Waals surface area contributed by atoms with Crippen molar-refractivity contribution in [2.45, 2.75) is 12.5 Å². The summed E-state index contributed by atoms with van der Waals surface area (Å²) in [6.45, 7) is 5.62. The van der Waals surface area contributed by atoms with Crippen molar-refractivity contribution in [1.82, 2.24) is 0 Å². The average molecular weight is 95.1 g/mol. The fourth-order valence-corrected chi connectivity index (χ4v) is 0.392. The van der Waals surface area contributed by atoms with E-state index in [0.29, 0.717) is 0 Å². The van der Waals surface area contributed by atoms with Gasteiger partial charge in [-0.1, -0.05) is 0 Å². The lowest BCUT2D eigenvalue weighted by Crippen LogP contribution is -2.07. The van der Waals surface area contributed by atoms with E-state index >= 15 is 0 Å². The normalized spacial score (nSPS) is 23.7. The minimum absolute atomic E-state index is 0.278. The van der Waals surface area contributed by atoms with Crippen LogP contribution in [-0.4, -0.2) is 5.54 Å². The van der Waals surface area contributed by atoms with Crippen molar-refractivity contribution in [2.75, 3.05) is 0 Å². The lowest BCUT2D eigenvalue weighted by molar-refractivity contribution is 0.716. The van der Waals surface area contributed by atoms with Gasteiger partial charge in [-0.05, 0) is 19.9 Å². The lowest BCUT2D eigenvalue weighted by Gasteiger charge is -2.03. The number of rotatable bonds is 0. The van der Waals surface area contributed by atoms with Gasteiger partial charge in [0.05, 0.1) is 5.54 Å². The van der Waals surface area contributed by atoms with Gasteiger partial charge in [-0.3, -0.25) is 0 Å². The zero-order chi connectivity index (χ0) is 5.33. The Hall–Kier alpha value is -0.660. The highest BCUT2D eigenvalue weighted by Crippen LogP contribution is 2.15. The summed E-state index contributed by atoms with van der Waals surface area (Å²) < 4.78 is 0. The molecule has 7 heavy (non-hydrogen) atoms. The zero-order valence-electron chi connectivity index (χ0n) is 4.26. The second-order valence-electron chi connectivity index (χ2n) is 1.89. The molecule has 2 nitrogen and oxygen atoms in total. The molecule has 1 atom stereocenters. The molecule has 0 fully saturated rings. The molecule has 0 bridgehead atoms. The molecule has 0 aromatic carbocycles. The summed E-state index contributed by atoms with van der Waals surface area (Å²) in [6, 6.07) is 0. The van der Waals surface area contributed by atoms with Crippen molar-refractivity contribution >= 4 is 0 Å². The van der Waals surface area contributed by atoms with Crippen LogP contribution < -0.4 is 0 Å². The highest BCUT2D eigenvalue weighted by molar-refractivity contribution is 5.08. The maximum atomic E-state index is 3.77. The van der Waals surface area contributed by atoms with Gasteiger partial charge in [0.25, 0.3) is 0 Å². The summed E-state index contributed by atoms with van der Waals surface area (Å²) in [6.07, 6.45) is 3.51. The Kier molecular flexibility index (Phi) is 0.741. The first-order valence-electron chi connectivity index (χ1n) is 2.16. The van der Waals surface area contributed by atoms with Gasteiger partial charge in [-0.25, -0.2) is 0 Å². The van der Waals surface area contributed by atoms with Crippen LogP contribution in [0.2, 0.25) is 0 Å². The van der Waals surface area contributed by atoms with Crippen LogP contribution in [0.15, 0.2) is 22.5 Å². The van der Waals surface area contributed by atoms with E-state index in [2.05, 4.69) is 17.2 Å². The van der Waals surface area contributed by atoms with Crippen LogP contribution >= 0.6 is 0 Å². The van der Waals surface area contributed by atoms with E-state index in [1.807, 2.05) is 13.0 Å². The highest BCUT2D eigenvalue weighted by atomic mass is 15.2. The summed E-state index contributed by atoms with van der Waals surface area (Å²) in [5, 5.41) is 7.39. The first-order chi connectivity index (χ1) is 3.21. The Morgan fingerprint density at radius 1 is 1.71 bits per heavy atom. The van der Waals surface area contributed by atoms with Crippen molar-refractivity contribution in [3.63, 3.8) is 0 Å². The maximum Gasteiger partial charge on any atom is 0.0991 e. The molecular formula is C5H7N2. The molecule has 0 aromatic heterocycles. The van der Waals surface area contributed by atoms with E-state index < -0.39 is 0 Å². The van der Waals surface area contributed by atoms with Crippen molar-refractivity contribution in [3.05, 3.63) is 19.2 Å². The van der Waals surface area contributed by atoms with Gasteiger partial charge in [0, 0.05) is 6.20 Å². The Morgan fingerprint density at radius 3 is 2.57 bits per heavy atom. The van der Waals surface area contributed by atoms with E-state index in [1.54, 1.807) is 6.20 Å². The number of azo groups is 1. The molecule has 0 aliphatic carbocycles. The molecule has 1 unspecified atom stereocenters. The van der Waals surface area contributed by atoms with Crippen molar-refractivity contribution in [2.24, 2.45) is 10.2 Å². The van der Waals surface area contributed by atoms with Crippen LogP contribution in [0.1, 0.15) is 6.92 Å². The molecule has 1 heterocycles. The van der Waals surface area contributed by atoms with Gasteiger partial charge in [0.15, 0.2) is 0 Å². The predicted octanol–water partition coefficient (Wildman–Crippen LogP) is 1.56. The van der Waals surface area contributed by atoms with E-state index in [9.17, 15) is 0 Å². The molecule has 1 aliphatic heterocycles. The molecule has 0 spiro atoms. The molecule has 0 amide bonds. The van der Waals surface area contributed by atoms with Crippen molar-refractivity contribution < 1.29 is 0 Å². The fraction of sp³-hybridized carbons (Fsp3) is 0.400. The molecule has 0 saturated carbocycles. The fourth-order valence-electron chi connectivity index (χ4n) is 0.392. The highest BCUT2D eigenvalue weighted by Gasteiger charge is 2.13. The maximum absolute atomic E-state index is 3.77. The third-order valence-electron chi connectivity index (χ3n) is 0.786. The average Bonchev–Trinajstić information content (AvgIpc) is 1.84. The summed E-state index contributed by atoms with van der Waals surface area (Å²) in [5.74, 6) is 0.